The minimum atomic E-state index is -0.794. The minimum Gasteiger partial charge on any atom is -0.494 e. The summed E-state index contributed by atoms with van der Waals surface area (Å²) in [6.07, 6.45) is 1.66. The number of H-pyrrole nitrogens is 1. The van der Waals surface area contributed by atoms with E-state index in [2.05, 4.69) is 20.2 Å². The van der Waals surface area contributed by atoms with Crippen LogP contribution in [0.4, 0.5) is 16.4 Å². The Bertz CT molecular complexity index is 1130. The minimum absolute atomic E-state index is 0.229. The van der Waals surface area contributed by atoms with E-state index in [-0.39, 0.29) is 6.03 Å². The fourth-order valence-electron chi connectivity index (χ4n) is 4.80. The molecule has 2 amide bonds. The predicted octanol–water partition coefficient (Wildman–Crippen LogP) is 3.01. The molecule has 2 aromatic carbocycles. The lowest BCUT2D eigenvalue weighted by atomic mass is 9.85. The lowest BCUT2D eigenvalue weighted by Gasteiger charge is -2.38. The van der Waals surface area contributed by atoms with Crippen LogP contribution in [0.2, 0.25) is 0 Å². The molecule has 0 radical (unpaired) electrons. The lowest BCUT2D eigenvalue weighted by molar-refractivity contribution is -0.0105. The highest BCUT2D eigenvalue weighted by Crippen LogP contribution is 2.34. The number of anilines is 2. The number of aliphatic hydroxyl groups is 1. The van der Waals surface area contributed by atoms with Gasteiger partial charge in [-0.25, -0.2) is 9.78 Å². The summed E-state index contributed by atoms with van der Waals surface area (Å²) in [6.45, 7) is 3.89. The van der Waals surface area contributed by atoms with Gasteiger partial charge in [0.2, 0.25) is 5.95 Å². The first-order valence-corrected chi connectivity index (χ1v) is 11.8. The number of morpholine rings is 1. The summed E-state index contributed by atoms with van der Waals surface area (Å²) in [4.78, 5) is 24.8. The molecule has 9 heteroatoms. The average molecular weight is 466 g/mol. The fourth-order valence-corrected chi connectivity index (χ4v) is 4.80. The van der Waals surface area contributed by atoms with Gasteiger partial charge in [-0.05, 0) is 30.5 Å². The van der Waals surface area contributed by atoms with Crippen LogP contribution in [0, 0.1) is 0 Å². The molecular formula is C25H31N5O4. The molecule has 3 heterocycles. The molecule has 0 saturated carbocycles. The highest BCUT2D eigenvalue weighted by molar-refractivity contribution is 5.97. The van der Waals surface area contributed by atoms with Gasteiger partial charge in [0.05, 0.1) is 31.6 Å². The smallest absolute Gasteiger partial charge is 0.324 e. The Morgan fingerprint density at radius 3 is 2.59 bits per heavy atom. The molecule has 3 aromatic rings. The maximum absolute atomic E-state index is 13.0. The van der Waals surface area contributed by atoms with Crippen LogP contribution in [0.5, 0.6) is 5.75 Å². The predicted molar refractivity (Wildman–Crippen MR) is 131 cm³/mol. The van der Waals surface area contributed by atoms with Gasteiger partial charge in [0, 0.05) is 32.6 Å². The number of benzene rings is 2. The van der Waals surface area contributed by atoms with Crippen LogP contribution >= 0.6 is 0 Å². The number of nitrogens with one attached hydrogen (secondary N) is 2. The standard InChI is InChI=1S/C25H31N5O4/c1-33-20-8-7-19(29-13-15-34-16-14-29)21-22(20)27-23(26-21)28-24(31)30-11-9-25(32,10-12-30)17-18-5-3-2-4-6-18/h2-8,32H,9-17H2,1H3,(H2,26,27,28,31). The molecule has 0 atom stereocenters. The highest BCUT2D eigenvalue weighted by atomic mass is 16.5. The number of aromatic amines is 1. The number of carbonyl (C=O) groups is 1. The van der Waals surface area contributed by atoms with Crippen LogP contribution in [-0.4, -0.2) is 78.1 Å². The second-order valence-electron chi connectivity index (χ2n) is 9.00. The third-order valence-electron chi connectivity index (χ3n) is 6.74. The van der Waals surface area contributed by atoms with E-state index in [1.807, 2.05) is 42.5 Å². The van der Waals surface area contributed by atoms with Crippen LogP contribution in [-0.2, 0) is 11.2 Å². The molecule has 0 bridgehead atoms. The molecule has 5 rings (SSSR count). The average Bonchev–Trinajstić information content (AvgIpc) is 3.28. The molecule has 180 valence electrons. The summed E-state index contributed by atoms with van der Waals surface area (Å²) in [5.41, 5.74) is 2.80. The van der Waals surface area contributed by atoms with Crippen molar-refractivity contribution < 1.29 is 19.4 Å². The van der Waals surface area contributed by atoms with Gasteiger partial charge < -0.3 is 29.4 Å². The number of hydrogen-bond donors (Lipinski definition) is 3. The second-order valence-corrected chi connectivity index (χ2v) is 9.00. The number of ether oxygens (including phenoxy) is 2. The number of fused-ring (bicyclic) bond motifs is 1. The number of hydrogen-bond acceptors (Lipinski definition) is 6. The molecule has 34 heavy (non-hydrogen) atoms. The molecule has 3 N–H and O–H groups in total. The van der Waals surface area contributed by atoms with E-state index in [0.29, 0.717) is 57.3 Å². The molecule has 1 aromatic heterocycles. The first-order chi connectivity index (χ1) is 16.5. The Labute approximate surface area is 198 Å². The van der Waals surface area contributed by atoms with Crippen molar-refractivity contribution in [2.45, 2.75) is 24.9 Å². The second kappa shape index (κ2) is 9.52. The molecule has 0 unspecified atom stereocenters. The van der Waals surface area contributed by atoms with Crippen molar-refractivity contribution in [1.29, 1.82) is 0 Å². The lowest BCUT2D eigenvalue weighted by Crippen LogP contribution is -2.49. The number of piperidine rings is 1. The van der Waals surface area contributed by atoms with Crippen LogP contribution in [0.25, 0.3) is 11.0 Å². The van der Waals surface area contributed by atoms with Crippen molar-refractivity contribution in [3.8, 4) is 5.75 Å². The van der Waals surface area contributed by atoms with Crippen molar-refractivity contribution in [3.05, 3.63) is 48.0 Å². The van der Waals surface area contributed by atoms with Gasteiger partial charge in [-0.2, -0.15) is 0 Å². The van der Waals surface area contributed by atoms with Crippen LogP contribution in [0.15, 0.2) is 42.5 Å². The first kappa shape index (κ1) is 22.5. The fraction of sp³-hybridized carbons (Fsp3) is 0.440. The van der Waals surface area contributed by atoms with Crippen molar-refractivity contribution >= 4 is 28.7 Å². The number of nitrogens with zero attached hydrogens (tertiary/aromatic N) is 3. The maximum atomic E-state index is 13.0. The van der Waals surface area contributed by atoms with Crippen molar-refractivity contribution in [2.75, 3.05) is 56.7 Å². The quantitative estimate of drug-likeness (QED) is 0.535. The summed E-state index contributed by atoms with van der Waals surface area (Å²) in [7, 11) is 1.62. The molecule has 9 nitrogen and oxygen atoms in total. The molecule has 0 spiro atoms. The van der Waals surface area contributed by atoms with E-state index in [0.717, 1.165) is 35.4 Å². The molecular weight excluding hydrogens is 434 g/mol. The number of aromatic nitrogens is 2. The van der Waals surface area contributed by atoms with Gasteiger partial charge in [-0.3, -0.25) is 5.32 Å². The number of imidazole rings is 1. The Hall–Kier alpha value is -3.30. The molecule has 0 aliphatic carbocycles. The summed E-state index contributed by atoms with van der Waals surface area (Å²) in [6, 6.07) is 13.7. The van der Waals surface area contributed by atoms with Crippen molar-refractivity contribution in [3.63, 3.8) is 0 Å². The zero-order chi connectivity index (χ0) is 23.5. The van der Waals surface area contributed by atoms with Crippen LogP contribution in [0.1, 0.15) is 18.4 Å². The summed E-state index contributed by atoms with van der Waals surface area (Å²) >= 11 is 0. The van der Waals surface area contributed by atoms with Gasteiger partial charge in [-0.1, -0.05) is 30.3 Å². The first-order valence-electron chi connectivity index (χ1n) is 11.8. The third kappa shape index (κ3) is 4.67. The Kier molecular flexibility index (Phi) is 6.30. The van der Waals surface area contributed by atoms with Gasteiger partial charge in [-0.15, -0.1) is 0 Å². The topological polar surface area (TPSA) is 103 Å². The summed E-state index contributed by atoms with van der Waals surface area (Å²) < 4.78 is 11.0. The Morgan fingerprint density at radius 2 is 1.88 bits per heavy atom. The van der Waals surface area contributed by atoms with E-state index < -0.39 is 5.60 Å². The SMILES string of the molecule is COc1ccc(N2CCOCC2)c2nc(NC(=O)N3CCC(O)(Cc4ccccc4)CC3)[nH]c12. The van der Waals surface area contributed by atoms with E-state index in [4.69, 9.17) is 9.47 Å². The maximum Gasteiger partial charge on any atom is 0.324 e. The van der Waals surface area contributed by atoms with E-state index in [1.165, 1.54) is 0 Å². The Balaban J connectivity index is 1.27. The zero-order valence-electron chi connectivity index (χ0n) is 19.4. The highest BCUT2D eigenvalue weighted by Gasteiger charge is 2.34. The number of urea groups is 1. The molecule has 2 aliphatic rings. The van der Waals surface area contributed by atoms with Gasteiger partial charge in [0.25, 0.3) is 0 Å². The van der Waals surface area contributed by atoms with Crippen LogP contribution < -0.4 is 15.0 Å². The summed E-state index contributed by atoms with van der Waals surface area (Å²) in [5.74, 6) is 1.05. The van der Waals surface area contributed by atoms with E-state index >= 15 is 0 Å². The molecule has 2 saturated heterocycles. The van der Waals surface area contributed by atoms with Crippen molar-refractivity contribution in [2.24, 2.45) is 0 Å². The number of amides is 2. The largest absolute Gasteiger partial charge is 0.494 e. The Morgan fingerprint density at radius 1 is 1.15 bits per heavy atom. The number of likely N-dealkylation sites (tertiary alicyclic amines) is 1. The molecule has 2 fully saturated rings. The third-order valence-corrected chi connectivity index (χ3v) is 6.74. The van der Waals surface area contributed by atoms with Crippen LogP contribution in [0.3, 0.4) is 0 Å². The molecule has 2 aliphatic heterocycles. The summed E-state index contributed by atoms with van der Waals surface area (Å²) in [5, 5.41) is 13.9. The number of rotatable bonds is 5. The van der Waals surface area contributed by atoms with Gasteiger partial charge >= 0.3 is 6.03 Å². The van der Waals surface area contributed by atoms with E-state index in [1.54, 1.807) is 12.0 Å². The zero-order valence-corrected chi connectivity index (χ0v) is 19.4. The monoisotopic (exact) mass is 465 g/mol. The van der Waals surface area contributed by atoms with E-state index in [9.17, 15) is 9.90 Å². The van der Waals surface area contributed by atoms with Gasteiger partial charge in [0.15, 0.2) is 0 Å². The van der Waals surface area contributed by atoms with Gasteiger partial charge in [0.1, 0.15) is 16.8 Å². The normalized spacial score (nSPS) is 18.2. The number of methoxy groups -OCH3 is 1. The number of carbonyl (C=O) groups excluding carboxylic acids is 1. The van der Waals surface area contributed by atoms with Crippen molar-refractivity contribution in [1.82, 2.24) is 14.9 Å².